The third kappa shape index (κ3) is 9.44. The number of hydrogen-bond acceptors (Lipinski definition) is 1. The molecule has 11 heavy (non-hydrogen) atoms. The molecule has 0 aromatic rings. The molecule has 0 heterocycles. The van der Waals surface area contributed by atoms with Gasteiger partial charge in [-0.25, -0.2) is 0 Å². The second-order valence-electron chi connectivity index (χ2n) is 2.31. The predicted octanol–water partition coefficient (Wildman–Crippen LogP) is 2.94. The lowest BCUT2D eigenvalue weighted by Crippen LogP contribution is -1.91. The molecule has 0 saturated carbocycles. The lowest BCUT2D eigenvalue weighted by Gasteiger charge is -1.95. The van der Waals surface area contributed by atoms with E-state index in [0.29, 0.717) is 0 Å². The molecular formula is C10H18O. The number of allylic oxidation sites excluding steroid dienone is 2. The van der Waals surface area contributed by atoms with E-state index < -0.39 is 0 Å². The predicted molar refractivity (Wildman–Crippen MR) is 49.7 cm³/mol. The van der Waals surface area contributed by atoms with Crippen molar-refractivity contribution in [3.8, 4) is 0 Å². The third-order valence-corrected chi connectivity index (χ3v) is 1.28. The van der Waals surface area contributed by atoms with E-state index in [1.54, 1.807) is 0 Å². The summed E-state index contributed by atoms with van der Waals surface area (Å²) in [7, 11) is 0. The molecule has 0 aliphatic rings. The van der Waals surface area contributed by atoms with Crippen LogP contribution in [0.15, 0.2) is 24.3 Å². The lowest BCUT2D eigenvalue weighted by atomic mass is 10.3. The fraction of sp³-hybridized carbons (Fsp3) is 0.600. The van der Waals surface area contributed by atoms with E-state index in [1.165, 1.54) is 0 Å². The van der Waals surface area contributed by atoms with Crippen molar-refractivity contribution in [2.45, 2.75) is 26.7 Å². The average Bonchev–Trinajstić information content (AvgIpc) is 2.03. The van der Waals surface area contributed by atoms with E-state index in [-0.39, 0.29) is 0 Å². The van der Waals surface area contributed by atoms with Gasteiger partial charge in [0.05, 0.1) is 13.2 Å². The van der Waals surface area contributed by atoms with Crippen LogP contribution < -0.4 is 0 Å². The summed E-state index contributed by atoms with van der Waals surface area (Å²) in [5.74, 6) is 0. The molecule has 0 radical (unpaired) electrons. The first kappa shape index (κ1) is 10.4. The van der Waals surface area contributed by atoms with Crippen LogP contribution in [0.2, 0.25) is 0 Å². The third-order valence-electron chi connectivity index (χ3n) is 1.28. The van der Waals surface area contributed by atoms with Gasteiger partial charge >= 0.3 is 0 Å². The first-order valence-electron chi connectivity index (χ1n) is 4.25. The largest absolute Gasteiger partial charge is 0.377 e. The van der Waals surface area contributed by atoms with Gasteiger partial charge in [0.1, 0.15) is 0 Å². The normalized spacial score (nSPS) is 11.8. The Kier molecular flexibility index (Phi) is 8.96. The van der Waals surface area contributed by atoms with Crippen LogP contribution >= 0.6 is 0 Å². The highest BCUT2D eigenvalue weighted by molar-refractivity contribution is 4.80. The zero-order valence-corrected chi connectivity index (χ0v) is 7.55. The van der Waals surface area contributed by atoms with Crippen molar-refractivity contribution in [2.75, 3.05) is 13.2 Å². The number of rotatable bonds is 6. The van der Waals surface area contributed by atoms with E-state index in [1.807, 2.05) is 19.1 Å². The van der Waals surface area contributed by atoms with Gasteiger partial charge in [-0.2, -0.15) is 0 Å². The van der Waals surface area contributed by atoms with Crippen molar-refractivity contribution in [1.82, 2.24) is 0 Å². The number of ether oxygens (including phenoxy) is 1. The Labute approximate surface area is 69.8 Å². The molecule has 0 fully saturated rings. The summed E-state index contributed by atoms with van der Waals surface area (Å²) < 4.78 is 5.28. The van der Waals surface area contributed by atoms with Crippen LogP contribution in [-0.2, 0) is 4.74 Å². The van der Waals surface area contributed by atoms with Crippen LogP contribution in [0.5, 0.6) is 0 Å². The summed E-state index contributed by atoms with van der Waals surface area (Å²) in [5.41, 5.74) is 0. The smallest absolute Gasteiger partial charge is 0.0647 e. The van der Waals surface area contributed by atoms with E-state index in [9.17, 15) is 0 Å². The van der Waals surface area contributed by atoms with Crippen LogP contribution in [0.3, 0.4) is 0 Å². The molecule has 1 heteroatoms. The highest BCUT2D eigenvalue weighted by Crippen LogP contribution is 1.87. The van der Waals surface area contributed by atoms with Gasteiger partial charge in [-0.15, -0.1) is 0 Å². The minimum absolute atomic E-state index is 0.746. The molecule has 0 aromatic carbocycles. The second kappa shape index (κ2) is 9.44. The van der Waals surface area contributed by atoms with E-state index in [0.717, 1.165) is 26.1 Å². The Bertz CT molecular complexity index is 114. The Morgan fingerprint density at radius 3 is 2.64 bits per heavy atom. The van der Waals surface area contributed by atoms with Crippen LogP contribution in [-0.4, -0.2) is 13.2 Å². The van der Waals surface area contributed by atoms with Gasteiger partial charge in [0.2, 0.25) is 0 Å². The quantitative estimate of drug-likeness (QED) is 0.422. The van der Waals surface area contributed by atoms with Gasteiger partial charge in [-0.3, -0.25) is 0 Å². The molecular weight excluding hydrogens is 136 g/mol. The van der Waals surface area contributed by atoms with Crippen molar-refractivity contribution in [1.29, 1.82) is 0 Å². The summed E-state index contributed by atoms with van der Waals surface area (Å²) in [5, 5.41) is 0. The Morgan fingerprint density at radius 1 is 1.18 bits per heavy atom. The second-order valence-corrected chi connectivity index (χ2v) is 2.31. The molecule has 0 N–H and O–H groups in total. The van der Waals surface area contributed by atoms with Crippen molar-refractivity contribution in [3.63, 3.8) is 0 Å². The van der Waals surface area contributed by atoms with Gasteiger partial charge < -0.3 is 4.74 Å². The molecule has 0 rings (SSSR count). The molecule has 0 aliphatic carbocycles. The molecule has 64 valence electrons. The van der Waals surface area contributed by atoms with Gasteiger partial charge in [-0.1, -0.05) is 31.2 Å². The molecule has 0 aliphatic heterocycles. The van der Waals surface area contributed by atoms with Gasteiger partial charge in [0, 0.05) is 0 Å². The maximum absolute atomic E-state index is 5.28. The minimum Gasteiger partial charge on any atom is -0.377 e. The van der Waals surface area contributed by atoms with Crippen LogP contribution in [0.25, 0.3) is 0 Å². The number of hydrogen-bond donors (Lipinski definition) is 0. The SMILES string of the molecule is C/C=C/COCC/C=C\CC. The van der Waals surface area contributed by atoms with E-state index >= 15 is 0 Å². The Morgan fingerprint density at radius 2 is 2.00 bits per heavy atom. The molecule has 1 nitrogen and oxygen atoms in total. The first-order valence-corrected chi connectivity index (χ1v) is 4.25. The molecule has 0 saturated heterocycles. The van der Waals surface area contributed by atoms with Gasteiger partial charge in [-0.05, 0) is 19.8 Å². The minimum atomic E-state index is 0.746. The summed E-state index contributed by atoms with van der Waals surface area (Å²) in [6.45, 7) is 5.72. The van der Waals surface area contributed by atoms with Crippen molar-refractivity contribution < 1.29 is 4.74 Å². The average molecular weight is 154 g/mol. The van der Waals surface area contributed by atoms with Crippen LogP contribution in [0, 0.1) is 0 Å². The maximum Gasteiger partial charge on any atom is 0.0647 e. The Hall–Kier alpha value is -0.560. The lowest BCUT2D eigenvalue weighted by molar-refractivity contribution is 0.167. The van der Waals surface area contributed by atoms with Crippen molar-refractivity contribution in [2.24, 2.45) is 0 Å². The summed E-state index contributed by atoms with van der Waals surface area (Å²) in [4.78, 5) is 0. The van der Waals surface area contributed by atoms with Crippen LogP contribution in [0.1, 0.15) is 26.7 Å². The molecule has 0 aromatic heterocycles. The highest BCUT2D eigenvalue weighted by Gasteiger charge is 1.79. The highest BCUT2D eigenvalue weighted by atomic mass is 16.5. The van der Waals surface area contributed by atoms with Gasteiger partial charge in [0.15, 0.2) is 0 Å². The molecule has 0 spiro atoms. The molecule has 0 unspecified atom stereocenters. The molecule has 0 bridgehead atoms. The van der Waals surface area contributed by atoms with E-state index in [4.69, 9.17) is 4.74 Å². The first-order chi connectivity index (χ1) is 5.41. The monoisotopic (exact) mass is 154 g/mol. The van der Waals surface area contributed by atoms with Crippen LogP contribution in [0.4, 0.5) is 0 Å². The van der Waals surface area contributed by atoms with Crippen molar-refractivity contribution >= 4 is 0 Å². The van der Waals surface area contributed by atoms with E-state index in [2.05, 4.69) is 19.1 Å². The molecule has 0 amide bonds. The fourth-order valence-electron chi connectivity index (χ4n) is 0.683. The van der Waals surface area contributed by atoms with Crippen molar-refractivity contribution in [3.05, 3.63) is 24.3 Å². The standard InChI is InChI=1S/C10H18O/c1-3-5-7-8-10-11-9-6-4-2/h4-7H,3,8-10H2,1-2H3/b6-4+,7-5-. The summed E-state index contributed by atoms with van der Waals surface area (Å²) >= 11 is 0. The zero-order valence-electron chi connectivity index (χ0n) is 7.55. The summed E-state index contributed by atoms with van der Waals surface area (Å²) in [6.07, 6.45) is 10.5. The topological polar surface area (TPSA) is 9.23 Å². The maximum atomic E-state index is 5.28. The molecule has 0 atom stereocenters. The fourth-order valence-corrected chi connectivity index (χ4v) is 0.683. The van der Waals surface area contributed by atoms with Gasteiger partial charge in [0.25, 0.3) is 0 Å². The zero-order chi connectivity index (χ0) is 8.36. The Balaban J connectivity index is 2.96. The summed E-state index contributed by atoms with van der Waals surface area (Å²) in [6, 6.07) is 0.